The van der Waals surface area contributed by atoms with Crippen LogP contribution in [0.15, 0.2) is 171 Å². The van der Waals surface area contributed by atoms with Crippen LogP contribution in [0.25, 0.3) is 44.2 Å². The molecule has 0 saturated heterocycles. The third-order valence-corrected chi connectivity index (χ3v) is 14.3. The number of allylic oxidation sites excluding steroid dienone is 5. The molecule has 0 fully saturated rings. The van der Waals surface area contributed by atoms with Crippen LogP contribution in [0.4, 0.5) is 22.7 Å². The smallest absolute Gasteiger partial charge is 0.200 e. The summed E-state index contributed by atoms with van der Waals surface area (Å²) in [5.74, 6) is 3.36. The zero-order chi connectivity index (χ0) is 40.9. The Bertz CT molecular complexity index is 3360. The molecule has 0 amide bonds. The predicted molar refractivity (Wildman–Crippen MR) is 245 cm³/mol. The van der Waals surface area contributed by atoms with E-state index in [1.54, 1.807) is 0 Å². The third kappa shape index (κ3) is 4.70. The second-order valence-electron chi connectivity index (χ2n) is 18.3. The molecule has 296 valence electrons. The van der Waals surface area contributed by atoms with Gasteiger partial charge in [-0.2, -0.15) is 0 Å². The van der Waals surface area contributed by atoms with Crippen molar-refractivity contribution in [2.45, 2.75) is 64.2 Å². The molecule has 2 aliphatic carbocycles. The molecule has 0 atom stereocenters. The topological polar surface area (TPSA) is 55.2 Å². The Morgan fingerprint density at radius 1 is 0.557 bits per heavy atom. The van der Waals surface area contributed by atoms with Crippen molar-refractivity contribution in [3.63, 3.8) is 0 Å². The van der Waals surface area contributed by atoms with Crippen molar-refractivity contribution in [3.8, 4) is 39.5 Å². The molecule has 7 aromatic rings. The Morgan fingerprint density at radius 3 is 1.93 bits per heavy atom. The molecule has 5 heterocycles. The molecule has 0 unspecified atom stereocenters. The van der Waals surface area contributed by atoms with E-state index in [2.05, 4.69) is 135 Å². The van der Waals surface area contributed by atoms with E-state index >= 15 is 0 Å². The lowest BCUT2D eigenvalue weighted by atomic mass is 9.70. The van der Waals surface area contributed by atoms with Crippen LogP contribution in [0, 0.1) is 0 Å². The predicted octanol–water partition coefficient (Wildman–Crippen LogP) is 14.2. The second kappa shape index (κ2) is 12.0. The van der Waals surface area contributed by atoms with Gasteiger partial charge in [-0.25, -0.2) is 0 Å². The summed E-state index contributed by atoms with van der Waals surface area (Å²) >= 11 is 0. The van der Waals surface area contributed by atoms with Crippen molar-refractivity contribution >= 4 is 44.7 Å². The van der Waals surface area contributed by atoms with Gasteiger partial charge in [0.05, 0.1) is 39.2 Å². The van der Waals surface area contributed by atoms with Crippen LogP contribution in [0.5, 0.6) is 17.2 Å². The fourth-order valence-electron chi connectivity index (χ4n) is 11.1. The van der Waals surface area contributed by atoms with Crippen LogP contribution in [0.1, 0.15) is 64.5 Å². The molecule has 0 N–H and O–H groups in total. The highest BCUT2D eigenvalue weighted by Crippen LogP contribution is 2.60. The van der Waals surface area contributed by atoms with Crippen LogP contribution >= 0.6 is 0 Å². The number of nitrogens with zero attached hydrogens (tertiary/aromatic N) is 2. The minimum Gasteiger partial charge on any atom is -0.456 e. The quantitative estimate of drug-likeness (QED) is 0.163. The number of hydrogen-bond acceptors (Lipinski definition) is 6. The lowest BCUT2D eigenvalue weighted by Gasteiger charge is -2.47. The summed E-state index contributed by atoms with van der Waals surface area (Å²) in [6, 6.07) is 39.7. The largest absolute Gasteiger partial charge is 0.456 e. The van der Waals surface area contributed by atoms with Gasteiger partial charge in [-0.1, -0.05) is 88.4 Å². The molecule has 61 heavy (non-hydrogen) atoms. The maximum atomic E-state index is 14.5. The average molecular weight is 795 g/mol. The summed E-state index contributed by atoms with van der Waals surface area (Å²) < 4.78 is 19.8. The molecule has 0 bridgehead atoms. The van der Waals surface area contributed by atoms with Gasteiger partial charge in [0.2, 0.25) is 5.43 Å². The van der Waals surface area contributed by atoms with E-state index in [0.717, 1.165) is 88.0 Å². The van der Waals surface area contributed by atoms with Gasteiger partial charge in [0.1, 0.15) is 16.9 Å². The van der Waals surface area contributed by atoms with E-state index in [1.807, 2.05) is 36.4 Å². The monoisotopic (exact) mass is 794 g/mol. The highest BCUT2D eigenvalue weighted by Gasteiger charge is 2.45. The zero-order valence-corrected chi connectivity index (χ0v) is 34.6. The molecule has 0 spiro atoms. The maximum Gasteiger partial charge on any atom is 0.200 e. The molecule has 1 aromatic heterocycles. The summed E-state index contributed by atoms with van der Waals surface area (Å²) in [5, 5.41) is 1.08. The van der Waals surface area contributed by atoms with E-state index in [0.29, 0.717) is 21.9 Å². The molecular weight excluding hydrogens is 753 g/mol. The first-order valence-electron chi connectivity index (χ1n) is 21.5. The van der Waals surface area contributed by atoms with Gasteiger partial charge >= 0.3 is 0 Å². The molecule has 6 aliphatic rings. The van der Waals surface area contributed by atoms with E-state index in [9.17, 15) is 4.79 Å². The average Bonchev–Trinajstić information content (AvgIpc) is 3.28. The molecule has 6 nitrogen and oxygen atoms in total. The molecule has 6 heteroatoms. The van der Waals surface area contributed by atoms with Crippen molar-refractivity contribution in [2.24, 2.45) is 0 Å². The Hall–Kier alpha value is -7.05. The minimum atomic E-state index is -0.0904. The van der Waals surface area contributed by atoms with Gasteiger partial charge in [0, 0.05) is 16.5 Å². The number of hydrogen-bond donors (Lipinski definition) is 0. The first kappa shape index (κ1) is 34.8. The molecule has 0 saturated carbocycles. The van der Waals surface area contributed by atoms with Crippen LogP contribution in [-0.2, 0) is 10.8 Å². The van der Waals surface area contributed by atoms with E-state index in [4.69, 9.17) is 13.9 Å². The van der Waals surface area contributed by atoms with Crippen molar-refractivity contribution in [2.75, 3.05) is 9.80 Å². The van der Waals surface area contributed by atoms with Gasteiger partial charge in [0.25, 0.3) is 0 Å². The first-order valence-corrected chi connectivity index (χ1v) is 21.5. The number of rotatable bonds is 2. The van der Waals surface area contributed by atoms with Crippen molar-refractivity contribution in [1.82, 2.24) is 0 Å². The molecule has 0 radical (unpaired) electrons. The highest BCUT2D eigenvalue weighted by atomic mass is 16.5. The summed E-state index contributed by atoms with van der Waals surface area (Å²) in [7, 11) is 0. The molecule has 13 rings (SSSR count). The van der Waals surface area contributed by atoms with Gasteiger partial charge in [0.15, 0.2) is 17.2 Å². The Morgan fingerprint density at radius 2 is 1.18 bits per heavy atom. The van der Waals surface area contributed by atoms with E-state index < -0.39 is 0 Å². The fraction of sp³-hybridized carbons (Fsp3) is 0.182. The third-order valence-electron chi connectivity index (χ3n) is 14.3. The normalized spacial score (nSPS) is 18.3. The second-order valence-corrected chi connectivity index (χ2v) is 18.3. The Kier molecular flexibility index (Phi) is 6.86. The molecule has 4 aliphatic heterocycles. The minimum absolute atomic E-state index is 0.0634. The number of para-hydroxylation sites is 2. The highest BCUT2D eigenvalue weighted by molar-refractivity contribution is 5.96. The summed E-state index contributed by atoms with van der Waals surface area (Å²) in [5.41, 5.74) is 16.9. The number of anilines is 4. The van der Waals surface area contributed by atoms with E-state index in [1.165, 1.54) is 39.4 Å². The zero-order valence-electron chi connectivity index (χ0n) is 34.6. The molecule has 6 aromatic carbocycles. The maximum absolute atomic E-state index is 14.5. The van der Waals surface area contributed by atoms with Crippen LogP contribution < -0.4 is 24.7 Å². The number of fused-ring (bicyclic) bond motifs is 9. The van der Waals surface area contributed by atoms with Crippen molar-refractivity contribution in [1.29, 1.82) is 0 Å². The summed E-state index contributed by atoms with van der Waals surface area (Å²) in [4.78, 5) is 19.2. The van der Waals surface area contributed by atoms with Crippen molar-refractivity contribution in [3.05, 3.63) is 183 Å². The summed E-state index contributed by atoms with van der Waals surface area (Å²) in [6.45, 7) is 9.33. The molecular formula is C55H42N2O4. The SMILES string of the molecule is CC1(C)C2=C3C(=CCC2)Oc2cc(-c4ccc5oc6ccc(-c7ccc8c(c7)Oc7cccc9c7N8C7=C(CCC=C7)C9(C)C)cc6c(=O)c5c4)ccc2N3c2ccccc21. The fourth-order valence-corrected chi connectivity index (χ4v) is 11.1. The summed E-state index contributed by atoms with van der Waals surface area (Å²) in [6.07, 6.45) is 10.8. The van der Waals surface area contributed by atoms with Gasteiger partial charge < -0.3 is 23.7 Å². The standard InChI is InChI=1S/C55H42N2O4/c1-54(2)37-11-5-7-15-41(37)56-43-23-19-33(29-49(43)60-47-17-9-13-39(54)51(47)56)31-21-25-45-35(27-31)53(58)36-28-32(22-26-46(36)59-45)34-20-24-44-50(30-34)61-48-18-10-14-40-52(48)57(44)42-16-8-6-12-38(42)55(40,3)4/h5,7-8,10-11,14-30H,6,9,12-13H2,1-4H3. The number of benzene rings is 6. The van der Waals surface area contributed by atoms with Crippen LogP contribution in [0.3, 0.4) is 0 Å². The Labute approximate surface area is 354 Å². The van der Waals surface area contributed by atoms with Gasteiger partial charge in [-0.05, 0) is 143 Å². The lowest BCUT2D eigenvalue weighted by molar-refractivity contribution is 0.404. The van der Waals surface area contributed by atoms with Crippen LogP contribution in [0.2, 0.25) is 0 Å². The van der Waals surface area contributed by atoms with E-state index in [-0.39, 0.29) is 16.3 Å². The number of ether oxygens (including phenoxy) is 2. The first-order chi connectivity index (χ1) is 29.6. The van der Waals surface area contributed by atoms with Crippen molar-refractivity contribution < 1.29 is 13.9 Å². The van der Waals surface area contributed by atoms with Crippen LogP contribution in [-0.4, -0.2) is 0 Å². The van der Waals surface area contributed by atoms with Gasteiger partial charge in [-0.3, -0.25) is 4.79 Å². The Balaban J connectivity index is 0.881. The lowest BCUT2D eigenvalue weighted by Crippen LogP contribution is -2.39. The van der Waals surface area contributed by atoms with Gasteiger partial charge in [-0.15, -0.1) is 0 Å².